The highest BCUT2D eigenvalue weighted by Crippen LogP contribution is 2.64. The molecule has 1 aromatic rings. The Balaban J connectivity index is 1.86. The number of rotatable bonds is 3. The molecule has 0 bridgehead atoms. The quantitative estimate of drug-likeness (QED) is 0.686. The fourth-order valence-electron chi connectivity index (χ4n) is 3.43. The lowest BCUT2D eigenvalue weighted by atomic mass is 10.0. The molecule has 0 amide bonds. The third kappa shape index (κ3) is 2.01. The zero-order valence-electron chi connectivity index (χ0n) is 10.1. The molecule has 4 heteroatoms. The summed E-state index contributed by atoms with van der Waals surface area (Å²) in [5, 5.41) is 1.21. The predicted molar refractivity (Wildman–Crippen MR) is 75.9 cm³/mol. The summed E-state index contributed by atoms with van der Waals surface area (Å²) in [6, 6.07) is 3.61. The molecule has 3 atom stereocenters. The van der Waals surface area contributed by atoms with Crippen molar-refractivity contribution in [2.24, 2.45) is 17.8 Å². The summed E-state index contributed by atoms with van der Waals surface area (Å²) < 4.78 is 5.15. The van der Waals surface area contributed by atoms with E-state index < -0.39 is 0 Å². The fourth-order valence-corrected chi connectivity index (χ4v) is 4.56. The van der Waals surface area contributed by atoms with Crippen LogP contribution in [0.25, 0.3) is 0 Å². The van der Waals surface area contributed by atoms with Crippen molar-refractivity contribution in [1.82, 2.24) is 0 Å². The smallest absolute Gasteiger partial charge is 0.138 e. The number of fused-ring (bicyclic) bond motifs is 1. The average Bonchev–Trinajstić information content (AvgIpc) is 2.83. The lowest BCUT2D eigenvalue weighted by Crippen LogP contribution is -2.00. The molecule has 0 N–H and O–H groups in total. The molecule has 2 aliphatic rings. The summed E-state index contributed by atoms with van der Waals surface area (Å²) in [7, 11) is 1.58. The number of methoxy groups -OCH3 is 1. The first-order chi connectivity index (χ1) is 8.63. The predicted octanol–water partition coefficient (Wildman–Crippen LogP) is 5.33. The minimum atomic E-state index is -0.0174. The number of halogens is 3. The van der Waals surface area contributed by atoms with Crippen molar-refractivity contribution in [2.75, 3.05) is 7.11 Å². The normalized spacial score (nSPS) is 31.0. The van der Waals surface area contributed by atoms with Gasteiger partial charge in [-0.15, -0.1) is 11.6 Å². The van der Waals surface area contributed by atoms with E-state index in [1.54, 1.807) is 13.2 Å². The first-order valence-corrected chi connectivity index (χ1v) is 7.49. The molecule has 98 valence electrons. The highest BCUT2D eigenvalue weighted by atomic mass is 35.5. The first-order valence-electron chi connectivity index (χ1n) is 6.30. The van der Waals surface area contributed by atoms with E-state index in [4.69, 9.17) is 39.5 Å². The Morgan fingerprint density at radius 3 is 2.44 bits per heavy atom. The van der Waals surface area contributed by atoms with Crippen LogP contribution in [0.1, 0.15) is 30.2 Å². The maximum absolute atomic E-state index is 6.59. The zero-order valence-corrected chi connectivity index (χ0v) is 12.4. The van der Waals surface area contributed by atoms with Crippen molar-refractivity contribution in [3.8, 4) is 5.75 Å². The summed E-state index contributed by atoms with van der Waals surface area (Å²) >= 11 is 19.0. The second-order valence-electron chi connectivity index (χ2n) is 5.25. The number of alkyl halides is 1. The minimum absolute atomic E-state index is 0.0174. The molecule has 2 saturated carbocycles. The molecule has 2 fully saturated rings. The molecule has 0 heterocycles. The van der Waals surface area contributed by atoms with Gasteiger partial charge in [-0.2, -0.15) is 0 Å². The van der Waals surface area contributed by atoms with Crippen LogP contribution in [0.2, 0.25) is 10.0 Å². The molecule has 0 aromatic heterocycles. The van der Waals surface area contributed by atoms with Gasteiger partial charge >= 0.3 is 0 Å². The van der Waals surface area contributed by atoms with Gasteiger partial charge in [0.15, 0.2) is 0 Å². The van der Waals surface area contributed by atoms with Crippen LogP contribution in [-0.2, 0) is 0 Å². The average molecular weight is 306 g/mol. The lowest BCUT2D eigenvalue weighted by Gasteiger charge is -2.15. The highest BCUT2D eigenvalue weighted by Gasteiger charge is 2.56. The van der Waals surface area contributed by atoms with Gasteiger partial charge in [-0.25, -0.2) is 0 Å². The van der Waals surface area contributed by atoms with Crippen LogP contribution in [-0.4, -0.2) is 7.11 Å². The molecule has 3 unspecified atom stereocenters. The molecule has 2 aliphatic carbocycles. The van der Waals surface area contributed by atoms with Crippen molar-refractivity contribution in [3.63, 3.8) is 0 Å². The van der Waals surface area contributed by atoms with Gasteiger partial charge in [-0.3, -0.25) is 0 Å². The van der Waals surface area contributed by atoms with Gasteiger partial charge in [0.2, 0.25) is 0 Å². The first kappa shape index (κ1) is 12.9. The molecular formula is C14H15Cl3O. The van der Waals surface area contributed by atoms with E-state index in [2.05, 4.69) is 0 Å². The largest absolute Gasteiger partial charge is 0.495 e. The highest BCUT2D eigenvalue weighted by molar-refractivity contribution is 6.35. The fraction of sp³-hybridized carbons (Fsp3) is 0.571. The Morgan fingerprint density at radius 1 is 1.17 bits per heavy atom. The van der Waals surface area contributed by atoms with Crippen LogP contribution in [0.15, 0.2) is 12.1 Å². The molecule has 3 rings (SSSR count). The maximum atomic E-state index is 6.59. The summed E-state index contributed by atoms with van der Waals surface area (Å²) in [6.07, 6.45) is 3.99. The van der Waals surface area contributed by atoms with Crippen LogP contribution in [0, 0.1) is 17.8 Å². The lowest BCUT2D eigenvalue weighted by molar-refractivity contribution is 0.415. The monoisotopic (exact) mass is 304 g/mol. The standard InChI is InChI=1S/C14H15Cl3O/c1-18-12-6-10(15)9(5-11(12)16)14(17)13-7-3-2-4-8(7)13/h5-8,13-14H,2-4H2,1H3. The molecule has 1 aromatic carbocycles. The Kier molecular flexibility index (Phi) is 3.42. The van der Waals surface area contributed by atoms with Crippen molar-refractivity contribution < 1.29 is 4.74 Å². The Bertz CT molecular complexity index is 464. The topological polar surface area (TPSA) is 9.23 Å². The third-order valence-electron chi connectivity index (χ3n) is 4.38. The van der Waals surface area contributed by atoms with Gasteiger partial charge in [0.1, 0.15) is 5.75 Å². The van der Waals surface area contributed by atoms with Gasteiger partial charge in [0.05, 0.1) is 17.5 Å². The Hall–Kier alpha value is -0.110. The Labute approximate surface area is 122 Å². The number of benzene rings is 1. The Morgan fingerprint density at radius 2 is 1.83 bits per heavy atom. The molecule has 0 spiro atoms. The molecule has 18 heavy (non-hydrogen) atoms. The van der Waals surface area contributed by atoms with E-state index in [0.717, 1.165) is 17.4 Å². The maximum Gasteiger partial charge on any atom is 0.138 e. The van der Waals surface area contributed by atoms with Gasteiger partial charge < -0.3 is 4.74 Å². The molecule has 1 nitrogen and oxygen atoms in total. The van der Waals surface area contributed by atoms with E-state index in [1.807, 2.05) is 6.07 Å². The van der Waals surface area contributed by atoms with Gasteiger partial charge in [0, 0.05) is 11.1 Å². The van der Waals surface area contributed by atoms with E-state index in [1.165, 1.54) is 19.3 Å². The zero-order chi connectivity index (χ0) is 12.9. The van der Waals surface area contributed by atoms with Crippen LogP contribution in [0.5, 0.6) is 5.75 Å². The second kappa shape index (κ2) is 4.77. The van der Waals surface area contributed by atoms with Crippen molar-refractivity contribution in [3.05, 3.63) is 27.7 Å². The van der Waals surface area contributed by atoms with Gasteiger partial charge in [0.25, 0.3) is 0 Å². The van der Waals surface area contributed by atoms with Gasteiger partial charge in [-0.1, -0.05) is 29.6 Å². The minimum Gasteiger partial charge on any atom is -0.495 e. The van der Waals surface area contributed by atoms with Crippen LogP contribution < -0.4 is 4.74 Å². The summed E-state index contributed by atoms with van der Waals surface area (Å²) in [5.74, 6) is 2.81. The van der Waals surface area contributed by atoms with E-state index in [0.29, 0.717) is 21.7 Å². The SMILES string of the molecule is COc1cc(Cl)c(C(Cl)C2C3CCCC32)cc1Cl. The third-order valence-corrected chi connectivity index (χ3v) is 5.53. The van der Waals surface area contributed by atoms with E-state index in [-0.39, 0.29) is 5.38 Å². The van der Waals surface area contributed by atoms with E-state index in [9.17, 15) is 0 Å². The second-order valence-corrected chi connectivity index (χ2v) is 6.53. The molecule has 0 saturated heterocycles. The number of hydrogen-bond donors (Lipinski definition) is 0. The van der Waals surface area contributed by atoms with Crippen LogP contribution in [0.4, 0.5) is 0 Å². The molecular weight excluding hydrogens is 291 g/mol. The van der Waals surface area contributed by atoms with Crippen LogP contribution in [0.3, 0.4) is 0 Å². The van der Waals surface area contributed by atoms with E-state index >= 15 is 0 Å². The molecule has 0 radical (unpaired) electrons. The van der Waals surface area contributed by atoms with Crippen molar-refractivity contribution in [1.29, 1.82) is 0 Å². The van der Waals surface area contributed by atoms with Crippen molar-refractivity contribution >= 4 is 34.8 Å². The number of hydrogen-bond acceptors (Lipinski definition) is 1. The van der Waals surface area contributed by atoms with Crippen molar-refractivity contribution in [2.45, 2.75) is 24.6 Å². The van der Waals surface area contributed by atoms with Crippen LogP contribution >= 0.6 is 34.8 Å². The number of ether oxygens (including phenoxy) is 1. The summed E-state index contributed by atoms with van der Waals surface area (Å²) in [6.45, 7) is 0. The summed E-state index contributed by atoms with van der Waals surface area (Å²) in [5.41, 5.74) is 0.948. The molecule has 0 aliphatic heterocycles. The van der Waals surface area contributed by atoms with Gasteiger partial charge in [-0.05, 0) is 42.2 Å². The summed E-state index contributed by atoms with van der Waals surface area (Å²) in [4.78, 5) is 0.